The van der Waals surface area contributed by atoms with E-state index in [4.69, 9.17) is 11.6 Å². The maximum absolute atomic E-state index is 13.0. The molecule has 0 aromatic heterocycles. The third-order valence-corrected chi connectivity index (χ3v) is 9.84. The lowest BCUT2D eigenvalue weighted by Crippen LogP contribution is -2.46. The molecule has 5 nitrogen and oxygen atoms in total. The summed E-state index contributed by atoms with van der Waals surface area (Å²) in [6, 6.07) is 4.36. The Bertz CT molecular complexity index is 816. The molecule has 8 heteroatoms. The van der Waals surface area contributed by atoms with Gasteiger partial charge in [-0.2, -0.15) is 0 Å². The summed E-state index contributed by atoms with van der Waals surface area (Å²) >= 11 is 13.4. The number of likely N-dealkylation sites (tertiary alicyclic amines) is 1. The van der Waals surface area contributed by atoms with E-state index in [9.17, 15) is 14.4 Å². The number of carbonyl (C=O) groups is 3. The molecule has 2 bridgehead atoms. The summed E-state index contributed by atoms with van der Waals surface area (Å²) in [5, 5.41) is 3.31. The minimum atomic E-state index is -0.863. The summed E-state index contributed by atoms with van der Waals surface area (Å²) in [6.07, 6.45) is 0.870. The largest absolute Gasteiger partial charge is 0.324 e. The van der Waals surface area contributed by atoms with E-state index in [1.807, 2.05) is 13.0 Å². The molecule has 144 valence electrons. The fourth-order valence-electron chi connectivity index (χ4n) is 4.79. The van der Waals surface area contributed by atoms with Crippen LogP contribution in [0.1, 0.15) is 18.9 Å². The zero-order chi connectivity index (χ0) is 19.6. The number of nitrogens with zero attached hydrogens (tertiary/aromatic N) is 1. The first-order valence-corrected chi connectivity index (χ1v) is 11.2. The summed E-state index contributed by atoms with van der Waals surface area (Å²) in [5.41, 5.74) is 1.45. The van der Waals surface area contributed by atoms with Crippen LogP contribution in [0.25, 0.3) is 0 Å². The van der Waals surface area contributed by atoms with Gasteiger partial charge < -0.3 is 5.32 Å². The molecule has 3 aliphatic rings. The number of rotatable bonds is 3. The molecule has 1 saturated heterocycles. The molecule has 3 amide bonds. The number of aryl methyl sites for hydroxylation is 1. The topological polar surface area (TPSA) is 66.5 Å². The average molecular weight is 519 g/mol. The fraction of sp³-hybridized carbons (Fsp3) is 0.526. The van der Waals surface area contributed by atoms with Crippen LogP contribution in [-0.2, 0) is 14.4 Å². The van der Waals surface area contributed by atoms with Crippen molar-refractivity contribution in [3.63, 3.8) is 0 Å². The van der Waals surface area contributed by atoms with Gasteiger partial charge in [0.2, 0.25) is 17.7 Å². The zero-order valence-electron chi connectivity index (χ0n) is 14.8. The maximum atomic E-state index is 13.0. The molecule has 2 saturated carbocycles. The fourth-order valence-corrected chi connectivity index (χ4v) is 6.84. The molecule has 1 aromatic rings. The van der Waals surface area contributed by atoms with Gasteiger partial charge >= 0.3 is 0 Å². The predicted molar refractivity (Wildman–Crippen MR) is 110 cm³/mol. The normalized spacial score (nSPS) is 35.5. The number of halogens is 3. The quantitative estimate of drug-likeness (QED) is 0.490. The number of hydrogen-bond acceptors (Lipinski definition) is 3. The number of alkyl halides is 2. The minimum Gasteiger partial charge on any atom is -0.324 e. The van der Waals surface area contributed by atoms with Crippen LogP contribution in [0, 0.1) is 30.6 Å². The van der Waals surface area contributed by atoms with Gasteiger partial charge in [-0.1, -0.05) is 49.5 Å². The van der Waals surface area contributed by atoms with Crippen LogP contribution in [0.4, 0.5) is 5.69 Å². The van der Waals surface area contributed by atoms with Gasteiger partial charge in [-0.05, 0) is 49.8 Å². The Morgan fingerprint density at radius 1 is 1.19 bits per heavy atom. The molecule has 7 atom stereocenters. The number of anilines is 1. The summed E-state index contributed by atoms with van der Waals surface area (Å²) in [6.45, 7) is 3.47. The number of hydrogen-bond donors (Lipinski definition) is 1. The maximum Gasteiger partial charge on any atom is 0.247 e. The van der Waals surface area contributed by atoms with Gasteiger partial charge in [-0.25, -0.2) is 0 Å². The van der Waals surface area contributed by atoms with E-state index >= 15 is 0 Å². The van der Waals surface area contributed by atoms with E-state index in [2.05, 4.69) is 37.2 Å². The first-order valence-electron chi connectivity index (χ1n) is 8.94. The number of fused-ring (bicyclic) bond motifs is 5. The average Bonchev–Trinajstić information content (AvgIpc) is 3.22. The highest BCUT2D eigenvalue weighted by molar-refractivity contribution is 9.12. The van der Waals surface area contributed by atoms with Crippen LogP contribution >= 0.6 is 43.5 Å². The first kappa shape index (κ1) is 19.4. The third-order valence-electron chi connectivity index (χ3n) is 6.23. The minimum absolute atomic E-state index is 0.136. The number of carbonyl (C=O) groups excluding carboxylic acids is 3. The lowest BCUT2D eigenvalue weighted by molar-refractivity contribution is -0.146. The Morgan fingerprint density at radius 3 is 2.26 bits per heavy atom. The number of nitrogens with one attached hydrogen (secondary N) is 1. The summed E-state index contributed by atoms with van der Waals surface area (Å²) < 4.78 is 0. The van der Waals surface area contributed by atoms with Crippen molar-refractivity contribution < 1.29 is 14.4 Å². The van der Waals surface area contributed by atoms with Crippen molar-refractivity contribution in [2.45, 2.75) is 36.0 Å². The molecule has 0 radical (unpaired) electrons. The van der Waals surface area contributed by atoms with E-state index in [-0.39, 0.29) is 45.1 Å². The second-order valence-electron chi connectivity index (χ2n) is 7.68. The van der Waals surface area contributed by atoms with E-state index in [0.717, 1.165) is 12.0 Å². The summed E-state index contributed by atoms with van der Waals surface area (Å²) in [7, 11) is 0. The van der Waals surface area contributed by atoms with Gasteiger partial charge in [0.15, 0.2) is 0 Å². The molecule has 0 spiro atoms. The molecule has 1 heterocycles. The van der Waals surface area contributed by atoms with Crippen molar-refractivity contribution >= 4 is 66.9 Å². The Morgan fingerprint density at radius 2 is 1.74 bits per heavy atom. The van der Waals surface area contributed by atoms with Crippen molar-refractivity contribution in [1.29, 1.82) is 0 Å². The van der Waals surface area contributed by atoms with Gasteiger partial charge in [0.05, 0.1) is 11.8 Å². The predicted octanol–water partition coefficient (Wildman–Crippen LogP) is 3.75. The highest BCUT2D eigenvalue weighted by Gasteiger charge is 2.67. The van der Waals surface area contributed by atoms with Gasteiger partial charge in [-0.15, -0.1) is 0 Å². The summed E-state index contributed by atoms with van der Waals surface area (Å²) in [5.74, 6) is -1.19. The van der Waals surface area contributed by atoms with Crippen LogP contribution in [0.5, 0.6) is 0 Å². The van der Waals surface area contributed by atoms with E-state index in [0.29, 0.717) is 10.7 Å². The van der Waals surface area contributed by atoms with Crippen LogP contribution < -0.4 is 5.32 Å². The summed E-state index contributed by atoms with van der Waals surface area (Å²) in [4.78, 5) is 40.2. The monoisotopic (exact) mass is 516 g/mol. The van der Waals surface area contributed by atoms with Crippen molar-refractivity contribution in [3.8, 4) is 0 Å². The molecule has 27 heavy (non-hydrogen) atoms. The first-order chi connectivity index (χ1) is 12.7. The number of amides is 3. The van der Waals surface area contributed by atoms with Crippen LogP contribution in [0.2, 0.25) is 5.02 Å². The van der Waals surface area contributed by atoms with Crippen molar-refractivity contribution in [2.24, 2.45) is 23.7 Å². The van der Waals surface area contributed by atoms with E-state index < -0.39 is 11.9 Å². The van der Waals surface area contributed by atoms with Crippen LogP contribution in [0.3, 0.4) is 0 Å². The van der Waals surface area contributed by atoms with Crippen LogP contribution in [0.15, 0.2) is 18.2 Å². The molecule has 4 rings (SSSR count). The Balaban J connectivity index is 1.53. The Kier molecular flexibility index (Phi) is 4.92. The van der Waals surface area contributed by atoms with Crippen LogP contribution in [-0.4, -0.2) is 38.3 Å². The smallest absolute Gasteiger partial charge is 0.247 e. The van der Waals surface area contributed by atoms with E-state index in [1.165, 1.54) is 4.90 Å². The molecule has 1 aliphatic heterocycles. The molecule has 3 fully saturated rings. The van der Waals surface area contributed by atoms with Crippen molar-refractivity contribution in [1.82, 2.24) is 4.90 Å². The van der Waals surface area contributed by atoms with Gasteiger partial charge in [0.1, 0.15) is 6.04 Å². The highest BCUT2D eigenvalue weighted by atomic mass is 79.9. The molecule has 0 unspecified atom stereocenters. The third kappa shape index (κ3) is 2.88. The lowest BCUT2D eigenvalue weighted by Gasteiger charge is -2.28. The lowest BCUT2D eigenvalue weighted by atomic mass is 9.81. The highest BCUT2D eigenvalue weighted by Crippen LogP contribution is 2.60. The second kappa shape index (κ2) is 6.85. The number of benzene rings is 1. The molecular weight excluding hydrogens is 499 g/mol. The van der Waals surface area contributed by atoms with Gasteiger partial charge in [0, 0.05) is 20.4 Å². The van der Waals surface area contributed by atoms with Crippen molar-refractivity contribution in [2.75, 3.05) is 5.32 Å². The molecular formula is C19H19Br2ClN2O3. The SMILES string of the molecule is Cc1ccc(NC(=O)[C@H](C)N2C(=O)[C@@H]3[C@H]4C[C@@H]([C@@H](Br)[C@H]4Br)[C@H]3C2=O)cc1Cl. The van der Waals surface area contributed by atoms with E-state index in [1.54, 1.807) is 19.1 Å². The zero-order valence-corrected chi connectivity index (χ0v) is 18.7. The molecule has 1 N–H and O–H groups in total. The van der Waals surface area contributed by atoms with Gasteiger partial charge in [0.25, 0.3) is 0 Å². The van der Waals surface area contributed by atoms with Crippen molar-refractivity contribution in [3.05, 3.63) is 28.8 Å². The number of imide groups is 1. The Labute approximate surface area is 179 Å². The standard InChI is InChI=1S/C19H19Br2ClN2O3/c1-7-3-4-9(5-12(7)22)23-17(25)8(2)24-18(26)13-10-6-11(14(13)19(24)27)16(21)15(10)20/h3-5,8,10-11,13-16H,6H2,1-2H3,(H,23,25)/t8-,10+,11+,13+,14+,15-,16+/m0/s1. The second-order valence-corrected chi connectivity index (χ2v) is 10.2. The molecule has 2 aliphatic carbocycles. The molecule has 1 aromatic carbocycles. The Hall–Kier alpha value is -0.920. The van der Waals surface area contributed by atoms with Gasteiger partial charge in [-0.3, -0.25) is 19.3 Å².